The quantitative estimate of drug-likeness (QED) is 0.636. The van der Waals surface area contributed by atoms with Crippen LogP contribution < -0.4 is 10.1 Å². The minimum Gasteiger partial charge on any atom is -0.491 e. The molecule has 0 saturated heterocycles. The number of nitro benzene ring substituents is 1. The summed E-state index contributed by atoms with van der Waals surface area (Å²) in [6.45, 7) is 3.94. The second-order valence-electron chi connectivity index (χ2n) is 5.24. The average Bonchev–Trinajstić information content (AvgIpc) is 2.57. The van der Waals surface area contributed by atoms with Crippen LogP contribution in [0.2, 0.25) is 0 Å². The van der Waals surface area contributed by atoms with Crippen molar-refractivity contribution in [3.63, 3.8) is 0 Å². The Labute approximate surface area is 138 Å². The molecule has 0 heterocycles. The van der Waals surface area contributed by atoms with Gasteiger partial charge in [0.1, 0.15) is 11.6 Å². The fourth-order valence-corrected chi connectivity index (χ4v) is 1.92. The van der Waals surface area contributed by atoms with Gasteiger partial charge in [-0.05, 0) is 43.7 Å². The molecule has 1 atom stereocenters. The minimum absolute atomic E-state index is 0.0589. The van der Waals surface area contributed by atoms with Crippen molar-refractivity contribution < 1.29 is 18.8 Å². The molecule has 0 aliphatic carbocycles. The largest absolute Gasteiger partial charge is 0.491 e. The summed E-state index contributed by atoms with van der Waals surface area (Å²) in [6, 6.07) is 9.33. The number of hydrogen-bond donors (Lipinski definition) is 1. The zero-order valence-electron chi connectivity index (χ0n) is 13.3. The molecule has 7 heteroatoms. The summed E-state index contributed by atoms with van der Waals surface area (Å²) in [4.78, 5) is 22.2. The fourth-order valence-electron chi connectivity index (χ4n) is 1.92. The molecule has 0 fully saturated rings. The molecule has 126 valence electrons. The first-order chi connectivity index (χ1) is 11.4. The van der Waals surface area contributed by atoms with Crippen molar-refractivity contribution in [2.45, 2.75) is 26.4 Å². The highest BCUT2D eigenvalue weighted by Crippen LogP contribution is 2.22. The first kappa shape index (κ1) is 17.4. The number of nitrogens with zero attached hydrogens (tertiary/aromatic N) is 1. The maximum atomic E-state index is 13.7. The molecule has 0 saturated carbocycles. The third-order valence-electron chi connectivity index (χ3n) is 3.44. The van der Waals surface area contributed by atoms with Gasteiger partial charge in [-0.1, -0.05) is 6.92 Å². The molecule has 6 nitrogen and oxygen atoms in total. The molecule has 1 amide bonds. The van der Waals surface area contributed by atoms with E-state index in [1.165, 1.54) is 0 Å². The molecule has 1 N–H and O–H groups in total. The Morgan fingerprint density at radius 1 is 1.29 bits per heavy atom. The van der Waals surface area contributed by atoms with Gasteiger partial charge >= 0.3 is 0 Å². The summed E-state index contributed by atoms with van der Waals surface area (Å²) in [7, 11) is 0. The molecule has 0 spiro atoms. The topological polar surface area (TPSA) is 81.5 Å². The molecule has 0 radical (unpaired) electrons. The maximum absolute atomic E-state index is 13.7. The first-order valence-corrected chi connectivity index (χ1v) is 7.42. The van der Waals surface area contributed by atoms with E-state index in [0.717, 1.165) is 24.6 Å². The summed E-state index contributed by atoms with van der Waals surface area (Å²) >= 11 is 0. The number of non-ortho nitro benzene ring substituents is 1. The fraction of sp³-hybridized carbons (Fsp3) is 0.235. The zero-order chi connectivity index (χ0) is 17.7. The van der Waals surface area contributed by atoms with Crippen molar-refractivity contribution in [1.82, 2.24) is 0 Å². The molecule has 2 rings (SSSR count). The normalized spacial score (nSPS) is 11.6. The lowest BCUT2D eigenvalue weighted by atomic mass is 10.2. The van der Waals surface area contributed by atoms with Crippen LogP contribution in [0.3, 0.4) is 0 Å². The van der Waals surface area contributed by atoms with Gasteiger partial charge in [-0.3, -0.25) is 14.9 Å². The van der Waals surface area contributed by atoms with Crippen LogP contribution in [0.15, 0.2) is 42.5 Å². The van der Waals surface area contributed by atoms with Gasteiger partial charge in [0.15, 0.2) is 0 Å². The number of nitro groups is 1. The Balaban J connectivity index is 2.12. The summed E-state index contributed by atoms with van der Waals surface area (Å²) in [5, 5.41) is 13.1. The number of halogens is 1. The van der Waals surface area contributed by atoms with Crippen molar-refractivity contribution in [1.29, 1.82) is 0 Å². The molecule has 2 aromatic rings. The van der Waals surface area contributed by atoms with Crippen molar-refractivity contribution in [3.8, 4) is 5.75 Å². The van der Waals surface area contributed by atoms with Gasteiger partial charge in [-0.15, -0.1) is 0 Å². The highest BCUT2D eigenvalue weighted by molar-refractivity contribution is 6.04. The van der Waals surface area contributed by atoms with Gasteiger partial charge in [0.2, 0.25) is 0 Å². The third-order valence-corrected chi connectivity index (χ3v) is 3.44. The molecule has 0 bridgehead atoms. The van der Waals surface area contributed by atoms with Crippen molar-refractivity contribution >= 4 is 17.3 Å². The first-order valence-electron chi connectivity index (χ1n) is 7.42. The molecule has 24 heavy (non-hydrogen) atoms. The molecule has 0 aliphatic heterocycles. The third kappa shape index (κ3) is 4.28. The zero-order valence-corrected chi connectivity index (χ0v) is 13.3. The van der Waals surface area contributed by atoms with Crippen LogP contribution in [0.5, 0.6) is 5.75 Å². The summed E-state index contributed by atoms with van der Waals surface area (Å²) in [6.07, 6.45) is 0.914. The SMILES string of the molecule is CCC(C)Oc1ccc(C(=O)Nc2cc([N+](=O)[O-])ccc2F)cc1. The van der Waals surface area contributed by atoms with Crippen LogP contribution in [-0.4, -0.2) is 16.9 Å². The Morgan fingerprint density at radius 3 is 2.54 bits per heavy atom. The smallest absolute Gasteiger partial charge is 0.271 e. The van der Waals surface area contributed by atoms with E-state index in [4.69, 9.17) is 4.74 Å². The molecule has 0 aromatic heterocycles. The second-order valence-corrected chi connectivity index (χ2v) is 5.24. The lowest BCUT2D eigenvalue weighted by Gasteiger charge is -2.12. The number of carbonyl (C=O) groups is 1. The molecule has 0 aliphatic rings. The van der Waals surface area contributed by atoms with Crippen molar-refractivity contribution in [2.75, 3.05) is 5.32 Å². The van der Waals surface area contributed by atoms with Crippen molar-refractivity contribution in [3.05, 3.63) is 64.0 Å². The van der Waals surface area contributed by atoms with Crippen LogP contribution >= 0.6 is 0 Å². The van der Waals surface area contributed by atoms with E-state index in [9.17, 15) is 19.3 Å². The van der Waals surface area contributed by atoms with E-state index in [2.05, 4.69) is 5.32 Å². The van der Waals surface area contributed by atoms with E-state index < -0.39 is 16.6 Å². The number of nitrogens with one attached hydrogen (secondary N) is 1. The molecular weight excluding hydrogens is 315 g/mol. The lowest BCUT2D eigenvalue weighted by Crippen LogP contribution is -2.13. The summed E-state index contributed by atoms with van der Waals surface area (Å²) in [5.74, 6) is -0.683. The predicted molar refractivity (Wildman–Crippen MR) is 87.8 cm³/mol. The average molecular weight is 332 g/mol. The van der Waals surface area contributed by atoms with Crippen molar-refractivity contribution in [2.24, 2.45) is 0 Å². The van der Waals surface area contributed by atoms with Gasteiger partial charge in [0.05, 0.1) is 16.7 Å². The van der Waals surface area contributed by atoms with E-state index in [1.807, 2.05) is 13.8 Å². The Bertz CT molecular complexity index is 747. The summed E-state index contributed by atoms with van der Waals surface area (Å²) < 4.78 is 19.3. The Kier molecular flexibility index (Phi) is 5.47. The number of carbonyl (C=O) groups excluding carboxylic acids is 1. The number of anilines is 1. The highest BCUT2D eigenvalue weighted by Gasteiger charge is 2.14. The second kappa shape index (κ2) is 7.54. The van der Waals surface area contributed by atoms with E-state index in [-0.39, 0.29) is 23.0 Å². The van der Waals surface area contributed by atoms with Gasteiger partial charge < -0.3 is 10.1 Å². The highest BCUT2D eigenvalue weighted by atomic mass is 19.1. The predicted octanol–water partition coefficient (Wildman–Crippen LogP) is 4.16. The van der Waals surface area contributed by atoms with E-state index in [1.54, 1.807) is 24.3 Å². The van der Waals surface area contributed by atoms with Crippen LogP contribution in [0, 0.1) is 15.9 Å². The number of ether oxygens (including phenoxy) is 1. The van der Waals surface area contributed by atoms with Crippen LogP contribution in [0.1, 0.15) is 30.6 Å². The number of rotatable bonds is 6. The maximum Gasteiger partial charge on any atom is 0.271 e. The standard InChI is InChI=1S/C17H17FN2O4/c1-3-11(2)24-14-7-4-12(5-8-14)17(21)19-16-10-13(20(22)23)6-9-15(16)18/h4-11H,3H2,1-2H3,(H,19,21). The van der Waals surface area contributed by atoms with Gasteiger partial charge in [0.25, 0.3) is 11.6 Å². The monoisotopic (exact) mass is 332 g/mol. The summed E-state index contributed by atoms with van der Waals surface area (Å²) in [5.41, 5.74) is -0.254. The Morgan fingerprint density at radius 2 is 1.96 bits per heavy atom. The van der Waals surface area contributed by atoms with Gasteiger partial charge in [0, 0.05) is 17.7 Å². The number of hydrogen-bond acceptors (Lipinski definition) is 4. The number of benzene rings is 2. The van der Waals surface area contributed by atoms with Crippen LogP contribution in [-0.2, 0) is 0 Å². The number of amides is 1. The molecule has 2 aromatic carbocycles. The van der Waals surface area contributed by atoms with E-state index in [0.29, 0.717) is 5.75 Å². The Hall–Kier alpha value is -2.96. The van der Waals surface area contributed by atoms with Gasteiger partial charge in [-0.25, -0.2) is 4.39 Å². The van der Waals surface area contributed by atoms with Crippen LogP contribution in [0.25, 0.3) is 0 Å². The van der Waals surface area contributed by atoms with E-state index >= 15 is 0 Å². The lowest BCUT2D eigenvalue weighted by molar-refractivity contribution is -0.384. The minimum atomic E-state index is -0.745. The van der Waals surface area contributed by atoms with Gasteiger partial charge in [-0.2, -0.15) is 0 Å². The molecule has 1 unspecified atom stereocenters. The van der Waals surface area contributed by atoms with Crippen LogP contribution in [0.4, 0.5) is 15.8 Å². The molecular formula is C17H17FN2O4.